The minimum atomic E-state index is -0.158. The molecule has 1 rings (SSSR count). The third-order valence-electron chi connectivity index (χ3n) is 3.79. The molecule has 0 fully saturated rings. The van der Waals surface area contributed by atoms with Crippen LogP contribution in [0.3, 0.4) is 0 Å². The van der Waals surface area contributed by atoms with Gasteiger partial charge in [0.05, 0.1) is 13.2 Å². The Hall–Kier alpha value is -2.76. The summed E-state index contributed by atoms with van der Waals surface area (Å²) in [4.78, 5) is 22.1. The fourth-order valence-corrected chi connectivity index (χ4v) is 2.30. The number of carbonyl (C=O) groups is 2. The Bertz CT molecular complexity index is 629. The fourth-order valence-electron chi connectivity index (χ4n) is 2.30. The van der Waals surface area contributed by atoms with E-state index in [1.54, 1.807) is 0 Å². The van der Waals surface area contributed by atoms with E-state index in [0.29, 0.717) is 26.3 Å². The van der Waals surface area contributed by atoms with E-state index in [0.717, 1.165) is 42.7 Å². The average Bonchev–Trinajstić information content (AvgIpc) is 2.68. The summed E-state index contributed by atoms with van der Waals surface area (Å²) in [7, 11) is 0. The van der Waals surface area contributed by atoms with Crippen LogP contribution in [0.25, 0.3) is 0 Å². The molecular weight excluding hydrogens is 344 g/mol. The van der Waals surface area contributed by atoms with Crippen molar-refractivity contribution in [2.45, 2.75) is 32.6 Å². The zero-order valence-corrected chi connectivity index (χ0v) is 16.1. The second-order valence-electron chi connectivity index (χ2n) is 6.00. The van der Waals surface area contributed by atoms with Gasteiger partial charge in [-0.05, 0) is 56.4 Å². The molecule has 148 valence electrons. The van der Waals surface area contributed by atoms with Gasteiger partial charge in [-0.15, -0.1) is 0 Å². The van der Waals surface area contributed by atoms with E-state index in [9.17, 15) is 9.59 Å². The maximum atomic E-state index is 11.1. The van der Waals surface area contributed by atoms with Crippen LogP contribution in [-0.2, 0) is 9.59 Å². The van der Waals surface area contributed by atoms with Gasteiger partial charge in [0.1, 0.15) is 0 Å². The Morgan fingerprint density at radius 1 is 0.926 bits per heavy atom. The number of amides is 2. The van der Waals surface area contributed by atoms with Crippen LogP contribution in [0.15, 0.2) is 43.5 Å². The van der Waals surface area contributed by atoms with Gasteiger partial charge < -0.3 is 20.1 Å². The van der Waals surface area contributed by atoms with Gasteiger partial charge >= 0.3 is 0 Å². The second kappa shape index (κ2) is 13.4. The Morgan fingerprint density at radius 3 is 2.04 bits per heavy atom. The molecular formula is C21H30N2O4. The molecule has 6 heteroatoms. The van der Waals surface area contributed by atoms with Crippen LogP contribution in [0.4, 0.5) is 0 Å². The summed E-state index contributed by atoms with van der Waals surface area (Å²) in [6, 6.07) is 5.82. The SMILES string of the molecule is C=CC(=O)NCCCCOc1cccc(C)c1OCCCCNC(=O)C=C. The number of carbonyl (C=O) groups excluding carboxylic acids is 2. The summed E-state index contributed by atoms with van der Waals surface area (Å²) in [6.07, 6.45) is 5.85. The van der Waals surface area contributed by atoms with E-state index in [-0.39, 0.29) is 11.8 Å². The number of rotatable bonds is 14. The molecule has 0 bridgehead atoms. The fraction of sp³-hybridized carbons (Fsp3) is 0.429. The van der Waals surface area contributed by atoms with Gasteiger partial charge in [0, 0.05) is 13.1 Å². The highest BCUT2D eigenvalue weighted by molar-refractivity contribution is 5.87. The summed E-state index contributed by atoms with van der Waals surface area (Å²) < 4.78 is 11.7. The van der Waals surface area contributed by atoms with Gasteiger partial charge in [0.25, 0.3) is 0 Å². The highest BCUT2D eigenvalue weighted by Gasteiger charge is 2.08. The maximum absolute atomic E-state index is 11.1. The van der Waals surface area contributed by atoms with Gasteiger partial charge in [-0.3, -0.25) is 9.59 Å². The Morgan fingerprint density at radius 2 is 1.48 bits per heavy atom. The molecule has 27 heavy (non-hydrogen) atoms. The number of hydrogen-bond donors (Lipinski definition) is 2. The van der Waals surface area contributed by atoms with Crippen LogP contribution in [0.1, 0.15) is 31.2 Å². The van der Waals surface area contributed by atoms with Gasteiger partial charge in [0.15, 0.2) is 11.5 Å². The number of aryl methyl sites for hydroxylation is 1. The molecule has 0 aromatic heterocycles. The molecule has 1 aromatic rings. The number of benzene rings is 1. The molecule has 1 aromatic carbocycles. The van der Waals surface area contributed by atoms with Gasteiger partial charge in [-0.25, -0.2) is 0 Å². The monoisotopic (exact) mass is 374 g/mol. The second-order valence-corrected chi connectivity index (χ2v) is 6.00. The van der Waals surface area contributed by atoms with Crippen LogP contribution < -0.4 is 20.1 Å². The number of ether oxygens (including phenoxy) is 2. The standard InChI is InChI=1S/C21H30N2O4/c1-4-19(24)22-13-6-8-15-26-18-12-10-11-17(3)21(18)27-16-9-7-14-23-20(25)5-2/h4-5,10-12H,1-2,6-9,13-16H2,3H3,(H,22,24)(H,23,25). The molecule has 0 unspecified atom stereocenters. The van der Waals surface area contributed by atoms with Crippen molar-refractivity contribution in [2.75, 3.05) is 26.3 Å². The van der Waals surface area contributed by atoms with E-state index in [2.05, 4.69) is 23.8 Å². The Labute approximate surface area is 161 Å². The molecule has 2 amide bonds. The number of hydrogen-bond acceptors (Lipinski definition) is 4. The van der Waals surface area contributed by atoms with E-state index in [1.807, 2.05) is 25.1 Å². The number of nitrogens with one attached hydrogen (secondary N) is 2. The lowest BCUT2D eigenvalue weighted by atomic mass is 10.2. The first-order chi connectivity index (χ1) is 13.1. The molecule has 0 aliphatic carbocycles. The van der Waals surface area contributed by atoms with Crippen LogP contribution >= 0.6 is 0 Å². The summed E-state index contributed by atoms with van der Waals surface area (Å²) in [5, 5.41) is 5.48. The van der Waals surface area contributed by atoms with Crippen LogP contribution in [0.5, 0.6) is 11.5 Å². The topological polar surface area (TPSA) is 76.7 Å². The summed E-state index contributed by atoms with van der Waals surface area (Å²) in [5.74, 6) is 1.17. The predicted molar refractivity (Wildman–Crippen MR) is 107 cm³/mol. The number of para-hydroxylation sites is 1. The normalized spacial score (nSPS) is 9.96. The number of unbranched alkanes of at least 4 members (excludes halogenated alkanes) is 2. The van der Waals surface area contributed by atoms with Gasteiger partial charge in [0.2, 0.25) is 11.8 Å². The molecule has 0 radical (unpaired) electrons. The quantitative estimate of drug-likeness (QED) is 0.388. The van der Waals surface area contributed by atoms with Crippen molar-refractivity contribution >= 4 is 11.8 Å². The predicted octanol–water partition coefficient (Wildman–Crippen LogP) is 2.92. The summed E-state index contributed by atoms with van der Waals surface area (Å²) >= 11 is 0. The Balaban J connectivity index is 2.32. The minimum Gasteiger partial charge on any atom is -0.490 e. The molecule has 0 aliphatic heterocycles. The smallest absolute Gasteiger partial charge is 0.243 e. The highest BCUT2D eigenvalue weighted by atomic mass is 16.5. The lowest BCUT2D eigenvalue weighted by molar-refractivity contribution is -0.117. The van der Waals surface area contributed by atoms with Crippen molar-refractivity contribution in [3.8, 4) is 11.5 Å². The van der Waals surface area contributed by atoms with Crippen molar-refractivity contribution in [3.05, 3.63) is 49.1 Å². The highest BCUT2D eigenvalue weighted by Crippen LogP contribution is 2.31. The van der Waals surface area contributed by atoms with Crippen molar-refractivity contribution < 1.29 is 19.1 Å². The van der Waals surface area contributed by atoms with Crippen molar-refractivity contribution in [3.63, 3.8) is 0 Å². The minimum absolute atomic E-state index is 0.158. The van der Waals surface area contributed by atoms with Crippen LogP contribution in [0.2, 0.25) is 0 Å². The molecule has 2 N–H and O–H groups in total. The first kappa shape index (κ1) is 22.3. The lowest BCUT2D eigenvalue weighted by Gasteiger charge is -2.15. The largest absolute Gasteiger partial charge is 0.490 e. The average molecular weight is 374 g/mol. The zero-order valence-electron chi connectivity index (χ0n) is 16.1. The third-order valence-corrected chi connectivity index (χ3v) is 3.79. The van der Waals surface area contributed by atoms with Gasteiger partial charge in [-0.2, -0.15) is 0 Å². The molecule has 0 atom stereocenters. The first-order valence-electron chi connectivity index (χ1n) is 9.24. The third kappa shape index (κ3) is 9.49. The van der Waals surface area contributed by atoms with Gasteiger partial charge in [-0.1, -0.05) is 25.3 Å². The summed E-state index contributed by atoms with van der Waals surface area (Å²) in [5.41, 5.74) is 1.02. The maximum Gasteiger partial charge on any atom is 0.243 e. The van der Waals surface area contributed by atoms with Crippen LogP contribution in [-0.4, -0.2) is 38.1 Å². The molecule has 0 heterocycles. The van der Waals surface area contributed by atoms with E-state index in [4.69, 9.17) is 9.47 Å². The van der Waals surface area contributed by atoms with Crippen molar-refractivity contribution in [1.29, 1.82) is 0 Å². The van der Waals surface area contributed by atoms with E-state index in [1.165, 1.54) is 12.2 Å². The first-order valence-corrected chi connectivity index (χ1v) is 9.24. The zero-order chi connectivity index (χ0) is 19.9. The molecule has 0 saturated heterocycles. The van der Waals surface area contributed by atoms with Crippen LogP contribution in [0, 0.1) is 6.92 Å². The molecule has 6 nitrogen and oxygen atoms in total. The van der Waals surface area contributed by atoms with Crippen molar-refractivity contribution in [2.24, 2.45) is 0 Å². The van der Waals surface area contributed by atoms with E-state index >= 15 is 0 Å². The lowest BCUT2D eigenvalue weighted by Crippen LogP contribution is -2.22. The summed E-state index contributed by atoms with van der Waals surface area (Å²) in [6.45, 7) is 11.1. The molecule has 0 spiro atoms. The molecule has 0 aliphatic rings. The molecule has 0 saturated carbocycles. The van der Waals surface area contributed by atoms with Crippen molar-refractivity contribution in [1.82, 2.24) is 10.6 Å². The van der Waals surface area contributed by atoms with E-state index < -0.39 is 0 Å². The Kier molecular flexibility index (Phi) is 11.1.